The Morgan fingerprint density at radius 3 is 2.28 bits per heavy atom. The fourth-order valence-electron chi connectivity index (χ4n) is 2.45. The lowest BCUT2D eigenvalue weighted by molar-refractivity contribution is -0.108. The molecule has 0 saturated heterocycles. The number of nitrogens with zero attached hydrogens (tertiary/aromatic N) is 2. The van der Waals surface area contributed by atoms with Crippen LogP contribution in [-0.2, 0) is 4.79 Å². The van der Waals surface area contributed by atoms with Gasteiger partial charge in [-0.3, -0.25) is 4.79 Å². The maximum atomic E-state index is 13.0. The normalized spacial score (nSPS) is 11.5. The molecule has 3 aromatic rings. The van der Waals surface area contributed by atoms with Crippen molar-refractivity contribution in [3.05, 3.63) is 66.2 Å². The largest absolute Gasteiger partial charge is 0.457 e. The molecule has 1 heterocycles. The second-order valence-electron chi connectivity index (χ2n) is 6.03. The summed E-state index contributed by atoms with van der Waals surface area (Å²) in [6.45, 7) is 0.0597. The predicted octanol–water partition coefficient (Wildman–Crippen LogP) is 2.11. The third-order valence-electron chi connectivity index (χ3n) is 3.90. The van der Waals surface area contributed by atoms with E-state index in [0.29, 0.717) is 29.0 Å². The van der Waals surface area contributed by atoms with Crippen LogP contribution < -0.4 is 21.5 Å². The van der Waals surface area contributed by atoms with Crippen LogP contribution in [0.25, 0.3) is 11.3 Å². The van der Waals surface area contributed by atoms with E-state index in [0.717, 1.165) is 0 Å². The van der Waals surface area contributed by atoms with Crippen molar-refractivity contribution >= 4 is 18.0 Å². The number of carbonyl (C=O) groups is 2. The maximum Gasteiger partial charge on any atom is 0.286 e. The second-order valence-corrected chi connectivity index (χ2v) is 6.03. The highest BCUT2D eigenvalue weighted by Gasteiger charge is 2.13. The summed E-state index contributed by atoms with van der Waals surface area (Å²) in [6.07, 6.45) is 0.646. The zero-order valence-electron chi connectivity index (χ0n) is 15.2. The number of benzene rings is 2. The lowest BCUT2D eigenvalue weighted by Gasteiger charge is -2.13. The van der Waals surface area contributed by atoms with E-state index in [1.54, 1.807) is 30.3 Å². The van der Waals surface area contributed by atoms with Crippen molar-refractivity contribution in [3.8, 4) is 22.8 Å². The third kappa shape index (κ3) is 5.11. The summed E-state index contributed by atoms with van der Waals surface area (Å²) in [5.74, 6) is -0.0761. The van der Waals surface area contributed by atoms with Gasteiger partial charge in [-0.1, -0.05) is 0 Å². The summed E-state index contributed by atoms with van der Waals surface area (Å²) < 4.78 is 18.6. The average molecular weight is 395 g/mol. The molecule has 2 aromatic carbocycles. The van der Waals surface area contributed by atoms with E-state index in [2.05, 4.69) is 15.3 Å². The van der Waals surface area contributed by atoms with Crippen LogP contribution in [0.4, 0.5) is 10.2 Å². The van der Waals surface area contributed by atoms with E-state index in [9.17, 15) is 14.0 Å². The minimum absolute atomic E-state index is 0.0597. The molecule has 0 fully saturated rings. The number of hydrogen-bond acceptors (Lipinski definition) is 7. The van der Waals surface area contributed by atoms with E-state index in [4.69, 9.17) is 16.2 Å². The number of aromatic nitrogens is 2. The molecule has 5 N–H and O–H groups in total. The SMILES string of the molecule is NC[C@@H](C=O)Nc1cc(-c2ccc(Oc3ccc(F)cc3)cc2)nc(C(N)=O)n1. The van der Waals surface area contributed by atoms with Gasteiger partial charge in [-0.25, -0.2) is 14.4 Å². The number of hydrogen-bond donors (Lipinski definition) is 3. The Morgan fingerprint density at radius 2 is 1.72 bits per heavy atom. The van der Waals surface area contributed by atoms with Gasteiger partial charge in [0.2, 0.25) is 5.82 Å². The number of primary amides is 1. The van der Waals surface area contributed by atoms with Crippen LogP contribution in [0.3, 0.4) is 0 Å². The number of halogens is 1. The summed E-state index contributed by atoms with van der Waals surface area (Å²) in [5, 5.41) is 2.83. The molecular formula is C20H18FN5O3. The lowest BCUT2D eigenvalue weighted by Crippen LogP contribution is -2.31. The van der Waals surface area contributed by atoms with E-state index in [1.807, 2.05) is 0 Å². The van der Waals surface area contributed by atoms with Crippen molar-refractivity contribution in [2.24, 2.45) is 11.5 Å². The van der Waals surface area contributed by atoms with Gasteiger partial charge < -0.3 is 26.3 Å². The Balaban J connectivity index is 1.86. The van der Waals surface area contributed by atoms with Crippen LogP contribution >= 0.6 is 0 Å². The highest BCUT2D eigenvalue weighted by atomic mass is 19.1. The number of aldehydes is 1. The number of amides is 1. The van der Waals surface area contributed by atoms with Gasteiger partial charge in [-0.2, -0.15) is 0 Å². The van der Waals surface area contributed by atoms with Crippen LogP contribution in [0.15, 0.2) is 54.6 Å². The molecule has 3 rings (SSSR count). The van der Waals surface area contributed by atoms with Crippen LogP contribution in [0.1, 0.15) is 10.6 Å². The number of carbonyl (C=O) groups excluding carboxylic acids is 2. The molecule has 0 aliphatic carbocycles. The average Bonchev–Trinajstić information content (AvgIpc) is 2.74. The molecule has 0 unspecified atom stereocenters. The number of nitrogens with one attached hydrogen (secondary N) is 1. The van der Waals surface area contributed by atoms with Crippen LogP contribution in [0.2, 0.25) is 0 Å². The first kappa shape index (κ1) is 19.9. The second kappa shape index (κ2) is 8.89. The summed E-state index contributed by atoms with van der Waals surface area (Å²) in [4.78, 5) is 30.7. The zero-order chi connectivity index (χ0) is 20.8. The first-order chi connectivity index (χ1) is 14.0. The van der Waals surface area contributed by atoms with Gasteiger partial charge in [0.25, 0.3) is 5.91 Å². The minimum Gasteiger partial charge on any atom is -0.457 e. The van der Waals surface area contributed by atoms with Crippen molar-refractivity contribution in [3.63, 3.8) is 0 Å². The van der Waals surface area contributed by atoms with Crippen LogP contribution in [0, 0.1) is 5.82 Å². The van der Waals surface area contributed by atoms with Gasteiger partial charge in [0, 0.05) is 18.2 Å². The van der Waals surface area contributed by atoms with Gasteiger partial charge in [0.05, 0.1) is 11.7 Å². The molecule has 0 aliphatic rings. The smallest absolute Gasteiger partial charge is 0.286 e. The summed E-state index contributed by atoms with van der Waals surface area (Å²) in [5.41, 5.74) is 11.9. The monoisotopic (exact) mass is 395 g/mol. The molecule has 0 saturated carbocycles. The molecular weight excluding hydrogens is 377 g/mol. The number of rotatable bonds is 8. The summed E-state index contributed by atoms with van der Waals surface area (Å²) in [7, 11) is 0. The van der Waals surface area contributed by atoms with Crippen molar-refractivity contribution in [2.45, 2.75) is 6.04 Å². The van der Waals surface area contributed by atoms with Gasteiger partial charge in [-0.05, 0) is 48.5 Å². The van der Waals surface area contributed by atoms with Crippen molar-refractivity contribution < 1.29 is 18.7 Å². The molecule has 0 aliphatic heterocycles. The van der Waals surface area contributed by atoms with Crippen molar-refractivity contribution in [1.29, 1.82) is 0 Å². The zero-order valence-corrected chi connectivity index (χ0v) is 15.2. The molecule has 9 heteroatoms. The van der Waals surface area contributed by atoms with Crippen molar-refractivity contribution in [1.82, 2.24) is 9.97 Å². The minimum atomic E-state index is -0.804. The Morgan fingerprint density at radius 1 is 1.10 bits per heavy atom. The van der Waals surface area contributed by atoms with Gasteiger partial charge in [0.15, 0.2) is 0 Å². The molecule has 1 aromatic heterocycles. The van der Waals surface area contributed by atoms with Crippen LogP contribution in [-0.4, -0.2) is 34.7 Å². The molecule has 29 heavy (non-hydrogen) atoms. The standard InChI is InChI=1S/C20H18FN5O3/c21-13-3-7-16(8-4-13)29-15-5-1-12(2-6-15)17-9-18(24-14(10-22)11-27)26-20(25-17)19(23)28/h1-9,11,14H,10,22H2,(H2,23,28)(H,24,25,26)/t14-/m0/s1. The molecule has 148 valence electrons. The van der Waals surface area contributed by atoms with E-state index < -0.39 is 11.9 Å². The number of ether oxygens (including phenoxy) is 1. The molecule has 0 radical (unpaired) electrons. The highest BCUT2D eigenvalue weighted by Crippen LogP contribution is 2.26. The Labute approximate surface area is 165 Å². The third-order valence-corrected chi connectivity index (χ3v) is 3.90. The first-order valence-corrected chi connectivity index (χ1v) is 8.63. The quantitative estimate of drug-likeness (QED) is 0.497. The summed E-state index contributed by atoms with van der Waals surface area (Å²) in [6, 6.07) is 13.4. The number of anilines is 1. The summed E-state index contributed by atoms with van der Waals surface area (Å²) >= 11 is 0. The topological polar surface area (TPSA) is 133 Å². The molecule has 8 nitrogen and oxygen atoms in total. The predicted molar refractivity (Wildman–Crippen MR) is 105 cm³/mol. The molecule has 0 bridgehead atoms. The van der Waals surface area contributed by atoms with E-state index in [-0.39, 0.29) is 24.0 Å². The molecule has 1 atom stereocenters. The molecule has 1 amide bonds. The number of nitrogens with two attached hydrogens (primary N) is 2. The first-order valence-electron chi connectivity index (χ1n) is 8.63. The van der Waals surface area contributed by atoms with E-state index >= 15 is 0 Å². The van der Waals surface area contributed by atoms with Gasteiger partial charge in [-0.15, -0.1) is 0 Å². The van der Waals surface area contributed by atoms with Crippen LogP contribution in [0.5, 0.6) is 11.5 Å². The fraction of sp³-hybridized carbons (Fsp3) is 0.100. The van der Waals surface area contributed by atoms with Crippen molar-refractivity contribution in [2.75, 3.05) is 11.9 Å². The van der Waals surface area contributed by atoms with Gasteiger partial charge >= 0.3 is 0 Å². The van der Waals surface area contributed by atoms with Gasteiger partial charge in [0.1, 0.15) is 29.4 Å². The van der Waals surface area contributed by atoms with E-state index in [1.165, 1.54) is 24.3 Å². The highest BCUT2D eigenvalue weighted by molar-refractivity contribution is 5.90. The lowest BCUT2D eigenvalue weighted by atomic mass is 10.1. The Kier molecular flexibility index (Phi) is 6.10. The fourth-order valence-corrected chi connectivity index (χ4v) is 2.45. The maximum absolute atomic E-state index is 13.0. The molecule has 0 spiro atoms. The Hall–Kier alpha value is -3.85. The Bertz CT molecular complexity index is 1010.